The highest BCUT2D eigenvalue weighted by molar-refractivity contribution is 6.04. The first-order valence-electron chi connectivity index (χ1n) is 10.2. The number of imidazole rings is 1. The van der Waals surface area contributed by atoms with Gasteiger partial charge in [-0.05, 0) is 41.8 Å². The molecule has 31 heavy (non-hydrogen) atoms. The first kappa shape index (κ1) is 19.2. The average Bonchev–Trinajstić information content (AvgIpc) is 3.35. The number of aliphatic hydroxyl groups is 1. The molecule has 2 aromatic heterocycles. The van der Waals surface area contributed by atoms with Gasteiger partial charge in [0.1, 0.15) is 11.3 Å². The zero-order chi connectivity index (χ0) is 21.4. The van der Waals surface area contributed by atoms with Crippen molar-refractivity contribution in [3.05, 3.63) is 102 Å². The zero-order valence-corrected chi connectivity index (χ0v) is 16.7. The molecule has 0 unspecified atom stereocenters. The van der Waals surface area contributed by atoms with E-state index in [1.807, 2.05) is 42.5 Å². The lowest BCUT2D eigenvalue weighted by Crippen LogP contribution is -2.18. The van der Waals surface area contributed by atoms with Gasteiger partial charge in [0.15, 0.2) is 5.78 Å². The van der Waals surface area contributed by atoms with Gasteiger partial charge >= 0.3 is 0 Å². The van der Waals surface area contributed by atoms with Crippen LogP contribution in [0.15, 0.2) is 79.1 Å². The summed E-state index contributed by atoms with van der Waals surface area (Å²) >= 11 is 0. The summed E-state index contributed by atoms with van der Waals surface area (Å²) in [6.45, 7) is 0. The molecule has 2 aromatic carbocycles. The monoisotopic (exact) mass is 411 g/mol. The number of aromatic nitrogens is 2. The first-order valence-corrected chi connectivity index (χ1v) is 10.2. The molecule has 0 fully saturated rings. The Hall–Kier alpha value is -3.77. The molecule has 5 rings (SSSR count). The van der Waals surface area contributed by atoms with Crippen LogP contribution >= 0.6 is 0 Å². The predicted molar refractivity (Wildman–Crippen MR) is 117 cm³/mol. The maximum atomic E-state index is 13.0. The van der Waals surface area contributed by atoms with Crippen molar-refractivity contribution in [2.45, 2.75) is 24.9 Å². The number of carbonyl (C=O) groups excluding carboxylic acids is 2. The number of pyridine rings is 1. The Kier molecular flexibility index (Phi) is 4.84. The summed E-state index contributed by atoms with van der Waals surface area (Å²) in [7, 11) is 0. The number of amides is 1. The van der Waals surface area contributed by atoms with Crippen molar-refractivity contribution >= 4 is 23.0 Å². The van der Waals surface area contributed by atoms with Crippen LogP contribution in [0.2, 0.25) is 0 Å². The van der Waals surface area contributed by atoms with E-state index in [2.05, 4.69) is 10.3 Å². The molecule has 1 aliphatic rings. The smallest absolute Gasteiger partial charge is 0.274 e. The van der Waals surface area contributed by atoms with E-state index >= 15 is 0 Å². The van der Waals surface area contributed by atoms with Crippen LogP contribution in [0, 0.1) is 0 Å². The molecule has 6 nitrogen and oxygen atoms in total. The van der Waals surface area contributed by atoms with E-state index < -0.39 is 6.10 Å². The van der Waals surface area contributed by atoms with Crippen LogP contribution in [0.4, 0.5) is 5.69 Å². The summed E-state index contributed by atoms with van der Waals surface area (Å²) < 4.78 is 1.71. The summed E-state index contributed by atoms with van der Waals surface area (Å²) in [5.74, 6) is -0.574. The molecule has 0 spiro atoms. The molecule has 2 N–H and O–H groups in total. The van der Waals surface area contributed by atoms with Gasteiger partial charge in [0.25, 0.3) is 5.91 Å². The molecule has 2 atom stereocenters. The molecular weight excluding hydrogens is 390 g/mol. The van der Waals surface area contributed by atoms with Crippen molar-refractivity contribution in [1.29, 1.82) is 0 Å². The summed E-state index contributed by atoms with van der Waals surface area (Å²) in [6, 6.07) is 20.3. The van der Waals surface area contributed by atoms with Crippen LogP contribution in [-0.2, 0) is 6.42 Å². The molecule has 154 valence electrons. The largest absolute Gasteiger partial charge is 0.392 e. The Morgan fingerprint density at radius 3 is 2.81 bits per heavy atom. The van der Waals surface area contributed by atoms with Gasteiger partial charge in [-0.1, -0.05) is 42.5 Å². The van der Waals surface area contributed by atoms with Crippen molar-refractivity contribution in [3.8, 4) is 0 Å². The Balaban J connectivity index is 1.33. The van der Waals surface area contributed by atoms with E-state index in [0.29, 0.717) is 29.0 Å². The third kappa shape index (κ3) is 3.62. The maximum absolute atomic E-state index is 13.0. The molecule has 0 radical (unpaired) electrons. The van der Waals surface area contributed by atoms with E-state index in [-0.39, 0.29) is 24.0 Å². The van der Waals surface area contributed by atoms with E-state index in [1.165, 1.54) is 6.20 Å². The third-order valence-corrected chi connectivity index (χ3v) is 5.85. The summed E-state index contributed by atoms with van der Waals surface area (Å²) in [5, 5.41) is 13.3. The normalized spacial score (nSPS) is 17.5. The molecule has 0 bridgehead atoms. The predicted octanol–water partition coefficient (Wildman–Crippen LogP) is 3.86. The lowest BCUT2D eigenvalue weighted by molar-refractivity contribution is 0.0920. The van der Waals surface area contributed by atoms with Crippen molar-refractivity contribution in [3.63, 3.8) is 0 Å². The second-order valence-corrected chi connectivity index (χ2v) is 7.81. The molecule has 2 heterocycles. The molecule has 4 aromatic rings. The number of benzene rings is 2. The number of fused-ring (bicyclic) bond motifs is 2. The molecule has 0 saturated heterocycles. The van der Waals surface area contributed by atoms with E-state index in [9.17, 15) is 14.7 Å². The Bertz CT molecular complexity index is 1290. The highest BCUT2D eigenvalue weighted by Gasteiger charge is 2.32. The highest BCUT2D eigenvalue weighted by Crippen LogP contribution is 2.36. The van der Waals surface area contributed by atoms with Crippen LogP contribution in [0.25, 0.3) is 5.65 Å². The number of Topliss-reactive ketones (excluding diaryl/α,β-unsaturated/α-hetero) is 1. The Morgan fingerprint density at radius 1 is 1.06 bits per heavy atom. The lowest BCUT2D eigenvalue weighted by atomic mass is 9.91. The molecule has 0 saturated carbocycles. The molecule has 1 amide bonds. The second-order valence-electron chi connectivity index (χ2n) is 7.81. The van der Waals surface area contributed by atoms with Crippen molar-refractivity contribution in [2.75, 3.05) is 5.32 Å². The number of carbonyl (C=O) groups is 2. The molecular formula is C25H21N3O3. The van der Waals surface area contributed by atoms with Gasteiger partial charge in [0.05, 0.1) is 12.3 Å². The number of anilines is 1. The van der Waals surface area contributed by atoms with E-state index in [0.717, 1.165) is 11.1 Å². The van der Waals surface area contributed by atoms with Gasteiger partial charge in [-0.2, -0.15) is 0 Å². The minimum absolute atomic E-state index is 0.0633. The fourth-order valence-corrected chi connectivity index (χ4v) is 4.29. The second kappa shape index (κ2) is 7.81. The number of hydrogen-bond acceptors (Lipinski definition) is 4. The fourth-order valence-electron chi connectivity index (χ4n) is 4.29. The average molecular weight is 411 g/mol. The third-order valence-electron chi connectivity index (χ3n) is 5.85. The lowest BCUT2D eigenvalue weighted by Gasteiger charge is -2.15. The minimum Gasteiger partial charge on any atom is -0.392 e. The fraction of sp³-hybridized carbons (Fsp3) is 0.160. The molecule has 0 aliphatic heterocycles. The van der Waals surface area contributed by atoms with Crippen LogP contribution in [0.3, 0.4) is 0 Å². The van der Waals surface area contributed by atoms with Crippen LogP contribution in [0.5, 0.6) is 0 Å². The van der Waals surface area contributed by atoms with Gasteiger partial charge in [-0.3, -0.25) is 14.0 Å². The minimum atomic E-state index is -0.556. The van der Waals surface area contributed by atoms with Crippen LogP contribution in [0.1, 0.15) is 44.3 Å². The molecule has 1 aliphatic carbocycles. The van der Waals surface area contributed by atoms with Gasteiger partial charge in [0.2, 0.25) is 0 Å². The highest BCUT2D eigenvalue weighted by atomic mass is 16.3. The number of nitrogens with zero attached hydrogens (tertiary/aromatic N) is 2. The van der Waals surface area contributed by atoms with E-state index in [1.54, 1.807) is 34.9 Å². The van der Waals surface area contributed by atoms with Crippen molar-refractivity contribution in [2.24, 2.45) is 0 Å². The van der Waals surface area contributed by atoms with Crippen molar-refractivity contribution in [1.82, 2.24) is 9.38 Å². The van der Waals surface area contributed by atoms with Gasteiger partial charge in [-0.25, -0.2) is 4.98 Å². The molecule has 6 heteroatoms. The Labute approximate surface area is 179 Å². The zero-order valence-electron chi connectivity index (χ0n) is 16.7. The van der Waals surface area contributed by atoms with E-state index in [4.69, 9.17) is 0 Å². The number of aliphatic hydroxyl groups excluding tert-OH is 1. The Morgan fingerprint density at radius 2 is 1.90 bits per heavy atom. The maximum Gasteiger partial charge on any atom is 0.274 e. The number of nitrogens with one attached hydrogen (secondary N) is 1. The van der Waals surface area contributed by atoms with Crippen LogP contribution < -0.4 is 5.32 Å². The summed E-state index contributed by atoms with van der Waals surface area (Å²) in [6.07, 6.45) is 3.55. The number of hydrogen-bond donors (Lipinski definition) is 2. The van der Waals surface area contributed by atoms with Gasteiger partial charge in [0, 0.05) is 29.8 Å². The number of rotatable bonds is 5. The summed E-state index contributed by atoms with van der Waals surface area (Å²) in [4.78, 5) is 29.9. The quantitative estimate of drug-likeness (QED) is 0.489. The summed E-state index contributed by atoms with van der Waals surface area (Å²) in [5.41, 5.74) is 4.29. The van der Waals surface area contributed by atoms with Crippen molar-refractivity contribution < 1.29 is 14.7 Å². The number of ketones is 1. The standard InChI is InChI=1S/C25H21N3O3/c29-22(14-20-19-9-2-1-6-16(19)13-23(20)30)17-7-5-8-18(12-17)27-25(31)21-15-26-24-10-3-4-11-28(21)24/h1-12,15,20,23,30H,13-14H2,(H,27,31)/t20-,23+/m0/s1. The topological polar surface area (TPSA) is 83.7 Å². The van der Waals surface area contributed by atoms with Gasteiger partial charge in [-0.15, -0.1) is 0 Å². The van der Waals surface area contributed by atoms with Crippen LogP contribution in [-0.4, -0.2) is 32.3 Å². The first-order chi connectivity index (χ1) is 15.1. The van der Waals surface area contributed by atoms with Gasteiger partial charge < -0.3 is 10.4 Å². The SMILES string of the molecule is O=C(C[C@H]1c2ccccc2C[C@H]1O)c1cccc(NC(=O)c2cnc3ccccn23)c1.